The highest BCUT2D eigenvalue weighted by Crippen LogP contribution is 2.27. The van der Waals surface area contributed by atoms with Crippen LogP contribution in [-0.2, 0) is 0 Å². The first kappa shape index (κ1) is 9.33. The Hall–Kier alpha value is -1.90. The summed E-state index contributed by atoms with van der Waals surface area (Å²) in [4.78, 5) is 9.09. The number of imidazole rings is 1. The van der Waals surface area contributed by atoms with Crippen molar-refractivity contribution in [3.8, 4) is 0 Å². The Labute approximate surface area is 94.1 Å². The van der Waals surface area contributed by atoms with Gasteiger partial charge in [0.15, 0.2) is 0 Å². The fourth-order valence-corrected chi connectivity index (χ4v) is 2.04. The molecule has 0 N–H and O–H groups in total. The fraction of sp³-hybridized carbons (Fsp3) is 0.231. The van der Waals surface area contributed by atoms with Crippen LogP contribution in [0.3, 0.4) is 0 Å². The molecule has 1 aromatic heterocycles. The van der Waals surface area contributed by atoms with E-state index in [1.165, 1.54) is 5.70 Å². The standard InChI is InChI=1S/C13H13N3/c1-9-7-8-10(2)16-12-6-4-3-5-11(12)15-13(16)14-9/h3-6,8H,7H2,1-2H3. The molecule has 0 bridgehead atoms. The molecule has 1 aromatic carbocycles. The van der Waals surface area contributed by atoms with E-state index in [-0.39, 0.29) is 0 Å². The van der Waals surface area contributed by atoms with Gasteiger partial charge in [0.1, 0.15) is 0 Å². The number of hydrogen-bond donors (Lipinski definition) is 0. The lowest BCUT2D eigenvalue weighted by Gasteiger charge is -2.03. The maximum absolute atomic E-state index is 4.55. The van der Waals surface area contributed by atoms with E-state index < -0.39 is 0 Å². The van der Waals surface area contributed by atoms with Gasteiger partial charge in [0, 0.05) is 17.8 Å². The van der Waals surface area contributed by atoms with E-state index in [2.05, 4.69) is 33.6 Å². The first-order chi connectivity index (χ1) is 7.75. The third kappa shape index (κ3) is 1.28. The van der Waals surface area contributed by atoms with Crippen molar-refractivity contribution in [3.05, 3.63) is 30.3 Å². The zero-order chi connectivity index (χ0) is 11.1. The molecule has 0 unspecified atom stereocenters. The van der Waals surface area contributed by atoms with Crippen LogP contribution in [0.15, 0.2) is 35.3 Å². The average molecular weight is 211 g/mol. The van der Waals surface area contributed by atoms with Gasteiger partial charge >= 0.3 is 0 Å². The summed E-state index contributed by atoms with van der Waals surface area (Å²) in [6, 6.07) is 8.14. The van der Waals surface area contributed by atoms with Crippen molar-refractivity contribution in [3.63, 3.8) is 0 Å². The lowest BCUT2D eigenvalue weighted by atomic mass is 10.2. The van der Waals surface area contributed by atoms with Gasteiger partial charge in [0.05, 0.1) is 11.0 Å². The maximum atomic E-state index is 4.55. The van der Waals surface area contributed by atoms with Crippen molar-refractivity contribution < 1.29 is 0 Å². The Bertz CT molecular complexity index is 617. The Morgan fingerprint density at radius 1 is 1.19 bits per heavy atom. The monoisotopic (exact) mass is 211 g/mol. The Balaban J connectivity index is 2.41. The van der Waals surface area contributed by atoms with Crippen molar-refractivity contribution in [2.75, 3.05) is 0 Å². The summed E-state index contributed by atoms with van der Waals surface area (Å²) >= 11 is 0. The third-order valence-corrected chi connectivity index (χ3v) is 2.88. The van der Waals surface area contributed by atoms with E-state index in [9.17, 15) is 0 Å². The largest absolute Gasteiger partial charge is 0.281 e. The van der Waals surface area contributed by atoms with Gasteiger partial charge in [-0.2, -0.15) is 0 Å². The number of hydrogen-bond acceptors (Lipinski definition) is 2. The van der Waals surface area contributed by atoms with Crippen molar-refractivity contribution >= 4 is 28.4 Å². The Morgan fingerprint density at radius 2 is 2.00 bits per heavy atom. The summed E-state index contributed by atoms with van der Waals surface area (Å²) in [5, 5.41) is 0. The topological polar surface area (TPSA) is 30.2 Å². The lowest BCUT2D eigenvalue weighted by Crippen LogP contribution is -1.91. The second-order valence-electron chi connectivity index (χ2n) is 4.13. The average Bonchev–Trinajstić information content (AvgIpc) is 2.57. The zero-order valence-electron chi connectivity index (χ0n) is 9.44. The third-order valence-electron chi connectivity index (χ3n) is 2.88. The summed E-state index contributed by atoms with van der Waals surface area (Å²) in [6.07, 6.45) is 3.10. The number of aromatic nitrogens is 2. The minimum Gasteiger partial charge on any atom is -0.281 e. The summed E-state index contributed by atoms with van der Waals surface area (Å²) in [6.45, 7) is 4.14. The lowest BCUT2D eigenvalue weighted by molar-refractivity contribution is 1.10. The van der Waals surface area contributed by atoms with E-state index >= 15 is 0 Å². The predicted molar refractivity (Wildman–Crippen MR) is 67.1 cm³/mol. The molecule has 80 valence electrons. The van der Waals surface area contributed by atoms with Gasteiger partial charge in [-0.3, -0.25) is 4.57 Å². The van der Waals surface area contributed by atoms with E-state index in [4.69, 9.17) is 0 Å². The van der Waals surface area contributed by atoms with Crippen molar-refractivity contribution in [1.82, 2.24) is 9.55 Å². The molecule has 16 heavy (non-hydrogen) atoms. The Morgan fingerprint density at radius 3 is 2.88 bits per heavy atom. The van der Waals surface area contributed by atoms with Crippen LogP contribution in [0, 0.1) is 0 Å². The highest BCUT2D eigenvalue weighted by atomic mass is 15.2. The molecule has 0 fully saturated rings. The van der Waals surface area contributed by atoms with Crippen LogP contribution in [0.25, 0.3) is 16.7 Å². The first-order valence-corrected chi connectivity index (χ1v) is 5.44. The van der Waals surface area contributed by atoms with Gasteiger partial charge in [-0.05, 0) is 26.0 Å². The number of rotatable bonds is 0. The zero-order valence-corrected chi connectivity index (χ0v) is 9.44. The molecule has 3 heteroatoms. The summed E-state index contributed by atoms with van der Waals surface area (Å²) in [5.74, 6) is 0.796. The molecule has 0 radical (unpaired) electrons. The number of fused-ring (bicyclic) bond motifs is 3. The summed E-state index contributed by atoms with van der Waals surface area (Å²) in [5.41, 5.74) is 4.44. The quantitative estimate of drug-likeness (QED) is 0.657. The highest BCUT2D eigenvalue weighted by Gasteiger charge is 2.13. The van der Waals surface area contributed by atoms with Crippen LogP contribution < -0.4 is 0 Å². The minimum absolute atomic E-state index is 0.796. The van der Waals surface area contributed by atoms with Crippen LogP contribution in [0.2, 0.25) is 0 Å². The molecule has 1 aliphatic heterocycles. The van der Waals surface area contributed by atoms with E-state index in [0.717, 1.165) is 29.1 Å². The van der Waals surface area contributed by atoms with Crippen LogP contribution in [0.4, 0.5) is 5.95 Å². The molecule has 0 aliphatic carbocycles. The molecule has 0 amide bonds. The SMILES string of the molecule is CC1=CCC(C)=Nc2nc3ccccc3n21. The van der Waals surface area contributed by atoms with Gasteiger partial charge in [0.25, 0.3) is 0 Å². The second-order valence-corrected chi connectivity index (χ2v) is 4.13. The van der Waals surface area contributed by atoms with Crippen molar-refractivity contribution in [1.29, 1.82) is 0 Å². The molecule has 1 aliphatic rings. The second kappa shape index (κ2) is 3.30. The molecule has 0 spiro atoms. The minimum atomic E-state index is 0.796. The van der Waals surface area contributed by atoms with Crippen molar-refractivity contribution in [2.45, 2.75) is 20.3 Å². The smallest absolute Gasteiger partial charge is 0.234 e. The highest BCUT2D eigenvalue weighted by molar-refractivity contribution is 5.90. The fourth-order valence-electron chi connectivity index (χ4n) is 2.04. The molecule has 2 aromatic rings. The normalized spacial score (nSPS) is 15.4. The van der Waals surface area contributed by atoms with Crippen LogP contribution in [0.1, 0.15) is 20.3 Å². The summed E-state index contributed by atoms with van der Waals surface area (Å²) < 4.78 is 2.12. The molecule has 0 atom stereocenters. The molecule has 2 heterocycles. The molecule has 0 saturated heterocycles. The van der Waals surface area contributed by atoms with Gasteiger partial charge in [0.2, 0.25) is 5.95 Å². The molecular formula is C13H13N3. The predicted octanol–water partition coefficient (Wildman–Crippen LogP) is 3.39. The van der Waals surface area contributed by atoms with Gasteiger partial charge in [-0.25, -0.2) is 9.98 Å². The molecule has 3 nitrogen and oxygen atoms in total. The van der Waals surface area contributed by atoms with E-state index in [1.54, 1.807) is 0 Å². The van der Waals surface area contributed by atoms with Crippen LogP contribution in [0.5, 0.6) is 0 Å². The van der Waals surface area contributed by atoms with E-state index in [1.807, 2.05) is 25.1 Å². The summed E-state index contributed by atoms with van der Waals surface area (Å²) in [7, 11) is 0. The molecular weight excluding hydrogens is 198 g/mol. The number of allylic oxidation sites excluding steroid dienone is 2. The number of benzene rings is 1. The maximum Gasteiger partial charge on any atom is 0.234 e. The number of para-hydroxylation sites is 2. The van der Waals surface area contributed by atoms with Crippen molar-refractivity contribution in [2.24, 2.45) is 4.99 Å². The molecule has 0 saturated carbocycles. The van der Waals surface area contributed by atoms with Gasteiger partial charge in [-0.15, -0.1) is 0 Å². The van der Waals surface area contributed by atoms with Gasteiger partial charge in [-0.1, -0.05) is 18.2 Å². The Kier molecular flexibility index (Phi) is 1.93. The number of aliphatic imine (C=N–C) groups is 1. The number of nitrogens with zero attached hydrogens (tertiary/aromatic N) is 3. The van der Waals surface area contributed by atoms with Crippen LogP contribution in [-0.4, -0.2) is 15.3 Å². The van der Waals surface area contributed by atoms with Crippen LogP contribution >= 0.6 is 0 Å². The molecule has 3 rings (SSSR count). The van der Waals surface area contributed by atoms with Gasteiger partial charge < -0.3 is 0 Å². The van der Waals surface area contributed by atoms with E-state index in [0.29, 0.717) is 0 Å². The first-order valence-electron chi connectivity index (χ1n) is 5.44.